The third kappa shape index (κ3) is 19.3. The van der Waals surface area contributed by atoms with Gasteiger partial charge in [-0.2, -0.15) is 28.8 Å². The Hall–Kier alpha value is -3.41. The number of thioether (sulfide) groups is 2. The lowest BCUT2D eigenvalue weighted by molar-refractivity contribution is -0.197. The van der Waals surface area contributed by atoms with E-state index in [-0.39, 0.29) is 61.3 Å². The molecule has 0 radical (unpaired) electrons. The van der Waals surface area contributed by atoms with Crippen molar-refractivity contribution in [2.75, 3.05) is 51.9 Å². The van der Waals surface area contributed by atoms with Crippen LogP contribution in [-0.4, -0.2) is 160 Å². The van der Waals surface area contributed by atoms with Crippen molar-refractivity contribution in [2.45, 2.75) is 196 Å². The lowest BCUT2D eigenvalue weighted by Crippen LogP contribution is -2.37. The van der Waals surface area contributed by atoms with Gasteiger partial charge in [-0.15, -0.1) is 5.06 Å². The number of imide groups is 1. The highest BCUT2D eigenvalue weighted by Gasteiger charge is 2.47. The average Bonchev–Trinajstić information content (AvgIpc) is 4.11. The molecular formula is C47H80N9O10PS2. The zero-order valence-electron chi connectivity index (χ0n) is 41.9. The van der Waals surface area contributed by atoms with Crippen molar-refractivity contribution >= 4 is 73.7 Å². The van der Waals surface area contributed by atoms with E-state index in [2.05, 4.69) is 59.7 Å². The molecule has 5 fully saturated rings. The van der Waals surface area contributed by atoms with Gasteiger partial charge in [0.1, 0.15) is 0 Å². The minimum atomic E-state index is -1.17. The topological polar surface area (TPSA) is 232 Å². The van der Waals surface area contributed by atoms with Crippen molar-refractivity contribution in [3.63, 3.8) is 0 Å². The summed E-state index contributed by atoms with van der Waals surface area (Å²) in [5.74, 6) is 0.595. The zero-order chi connectivity index (χ0) is 50.3. The van der Waals surface area contributed by atoms with Crippen molar-refractivity contribution in [2.24, 2.45) is 0 Å². The van der Waals surface area contributed by atoms with E-state index in [1.807, 2.05) is 42.5 Å². The number of hydrogen-bond acceptors (Lipinski definition) is 14. The van der Waals surface area contributed by atoms with E-state index in [0.29, 0.717) is 79.1 Å². The molecule has 4 N–H and O–H groups in total. The molecule has 5 aliphatic rings. The van der Waals surface area contributed by atoms with Gasteiger partial charge < -0.3 is 45.0 Å². The third-order valence-electron chi connectivity index (χ3n) is 12.9. The van der Waals surface area contributed by atoms with Gasteiger partial charge in [0.05, 0.1) is 49.9 Å². The molecule has 5 rings (SSSR count). The van der Waals surface area contributed by atoms with Crippen molar-refractivity contribution in [3.8, 4) is 6.07 Å². The van der Waals surface area contributed by atoms with Crippen LogP contribution in [-0.2, 0) is 37.9 Å². The van der Waals surface area contributed by atoms with Crippen molar-refractivity contribution in [3.05, 3.63) is 0 Å². The van der Waals surface area contributed by atoms with Crippen LogP contribution in [0.25, 0.3) is 0 Å². The Balaban J connectivity index is 0.000000303. The average molecular weight is 1030 g/mol. The summed E-state index contributed by atoms with van der Waals surface area (Å²) in [6.45, 7) is 10.9. The van der Waals surface area contributed by atoms with Gasteiger partial charge in [-0.3, -0.25) is 19.2 Å². The summed E-state index contributed by atoms with van der Waals surface area (Å²) >= 11 is 3.85. The molecule has 22 heteroatoms. The van der Waals surface area contributed by atoms with Gasteiger partial charge in [0, 0.05) is 93.4 Å². The highest BCUT2D eigenvalue weighted by atomic mass is 32.2. The monoisotopic (exact) mass is 1030 g/mol. The Morgan fingerprint density at radius 3 is 1.65 bits per heavy atom. The Labute approximate surface area is 420 Å². The molecule has 0 aliphatic carbocycles. The van der Waals surface area contributed by atoms with E-state index in [9.17, 15) is 33.6 Å². The highest BCUT2D eigenvalue weighted by molar-refractivity contribution is 8.00. The first-order valence-electron chi connectivity index (χ1n) is 25.2. The van der Waals surface area contributed by atoms with Crippen LogP contribution in [0, 0.1) is 11.3 Å². The second kappa shape index (κ2) is 31.1. The molecule has 0 saturated carbocycles. The fourth-order valence-corrected chi connectivity index (χ4v) is 14.0. The number of carbonyl (C=O) groups excluding carboxylic acids is 7. The van der Waals surface area contributed by atoms with Crippen molar-refractivity contribution in [1.29, 1.82) is 5.26 Å². The molecule has 0 bridgehead atoms. The number of rotatable bonds is 31. The van der Waals surface area contributed by atoms with Crippen LogP contribution in [0.3, 0.4) is 0 Å². The van der Waals surface area contributed by atoms with E-state index in [1.165, 1.54) is 0 Å². The van der Waals surface area contributed by atoms with Crippen LogP contribution in [0.15, 0.2) is 0 Å². The standard InChI is InChI=1S/C26H48N5O4PS.C21H32N4O6S/c1-20(2)31(21(3)4)36(35-18-12-15-27)34-17-11-7-6-10-16-28-24(32)14-9-8-13-23-25-22(19-37-23)30(5)26(33)29-25;1-24-14-13-32-15(20(14)23-21(24)30)7-4-5-8-16(26)22-12-6-2-3-9-19(29)31-25-17(27)10-11-18(25)28/h20-23,25H,6-14,16-19H2,1-5H3,(H,28,32)(H,29,33);14-15,20H,2-13H2,1H3,(H,22,26)(H,23,30)/t22-,23-,25-,36?;14-,15-,20-/m00/s1. The summed E-state index contributed by atoms with van der Waals surface area (Å²) in [4.78, 5) is 90.6. The van der Waals surface area contributed by atoms with Gasteiger partial charge >= 0.3 is 18.0 Å². The number of nitrogens with zero attached hydrogens (tertiary/aromatic N) is 5. The first kappa shape index (κ1) is 58.2. The van der Waals surface area contributed by atoms with E-state index in [1.54, 1.807) is 4.90 Å². The largest absolute Gasteiger partial charge is 0.356 e. The highest BCUT2D eigenvalue weighted by Crippen LogP contribution is 2.46. The quantitative estimate of drug-likeness (QED) is 0.0256. The van der Waals surface area contributed by atoms with E-state index in [4.69, 9.17) is 19.1 Å². The smallest absolute Gasteiger partial charge is 0.333 e. The van der Waals surface area contributed by atoms with Crippen LogP contribution < -0.4 is 21.3 Å². The number of nitrogens with one attached hydrogen (secondary N) is 4. The minimum absolute atomic E-state index is 0.0124. The Morgan fingerprint density at radius 2 is 1.16 bits per heavy atom. The summed E-state index contributed by atoms with van der Waals surface area (Å²) in [6, 6.07) is 3.88. The number of likely N-dealkylation sites (N-methyl/N-ethyl adjacent to an activating group) is 2. The van der Waals surface area contributed by atoms with Crippen LogP contribution in [0.1, 0.15) is 150 Å². The van der Waals surface area contributed by atoms with Gasteiger partial charge in [0.25, 0.3) is 20.3 Å². The maximum Gasteiger partial charge on any atom is 0.333 e. The molecule has 390 valence electrons. The molecule has 0 aromatic rings. The van der Waals surface area contributed by atoms with Gasteiger partial charge in [-0.1, -0.05) is 32.1 Å². The van der Waals surface area contributed by atoms with Crippen LogP contribution >= 0.6 is 32.0 Å². The first-order chi connectivity index (χ1) is 33.1. The molecule has 1 unspecified atom stereocenters. The normalized spacial score (nSPS) is 23.2. The predicted molar refractivity (Wildman–Crippen MR) is 268 cm³/mol. The van der Waals surface area contributed by atoms with Crippen LogP contribution in [0.5, 0.6) is 0 Å². The first-order valence-corrected chi connectivity index (χ1v) is 28.5. The number of amides is 8. The number of carbonyl (C=O) groups is 7. The van der Waals surface area contributed by atoms with Gasteiger partial charge in [-0.05, 0) is 79.1 Å². The molecule has 0 aromatic heterocycles. The van der Waals surface area contributed by atoms with Gasteiger partial charge in [0.15, 0.2) is 0 Å². The van der Waals surface area contributed by atoms with Gasteiger partial charge in [0.2, 0.25) is 11.8 Å². The number of urea groups is 2. The molecule has 69 heavy (non-hydrogen) atoms. The minimum Gasteiger partial charge on any atom is -0.356 e. The maximum absolute atomic E-state index is 12.2. The number of hydroxylamine groups is 2. The molecule has 19 nitrogen and oxygen atoms in total. The molecule has 8 amide bonds. The third-order valence-corrected chi connectivity index (χ3v) is 18.0. The molecule has 0 aromatic carbocycles. The number of fused-ring (bicyclic) bond motifs is 2. The molecule has 5 saturated heterocycles. The SMILES string of the molecule is CC(C)N(C(C)C)P(OCCC#N)OCCCCCCNC(=O)CCCC[C@@H]1SC[C@H]2[C@@H]1NC(=O)N2C.CN1C(=O)N[C@@H]2[C@H](CCCCC(=O)NCCCCCC(=O)ON3C(=O)CCC3=O)SC[C@@H]21. The second-order valence-electron chi connectivity index (χ2n) is 18.9. The molecule has 7 atom stereocenters. The van der Waals surface area contributed by atoms with Crippen molar-refractivity contribution < 1.29 is 47.4 Å². The van der Waals surface area contributed by atoms with E-state index < -0.39 is 26.3 Å². The Kier molecular flexibility index (Phi) is 26.2. The summed E-state index contributed by atoms with van der Waals surface area (Å²) in [5.41, 5.74) is 0. The van der Waals surface area contributed by atoms with Crippen LogP contribution in [0.4, 0.5) is 9.59 Å². The van der Waals surface area contributed by atoms with Crippen LogP contribution in [0.2, 0.25) is 0 Å². The summed E-state index contributed by atoms with van der Waals surface area (Å²) in [5, 5.41) is 22.4. The number of unbranched alkanes of at least 4 members (excludes halogenated alkanes) is 7. The molecule has 0 spiro atoms. The summed E-state index contributed by atoms with van der Waals surface area (Å²) in [6.07, 6.45) is 13.5. The molecule has 5 aliphatic heterocycles. The predicted octanol–water partition coefficient (Wildman–Crippen LogP) is 6.36. The molecule has 5 heterocycles. The van der Waals surface area contributed by atoms with E-state index in [0.717, 1.165) is 95.1 Å². The number of hydrogen-bond donors (Lipinski definition) is 4. The fourth-order valence-electron chi connectivity index (χ4n) is 9.06. The zero-order valence-corrected chi connectivity index (χ0v) is 44.4. The van der Waals surface area contributed by atoms with Gasteiger partial charge in [-0.25, -0.2) is 19.1 Å². The lowest BCUT2D eigenvalue weighted by Gasteiger charge is -2.35. The number of nitriles is 1. The maximum atomic E-state index is 12.2. The second-order valence-corrected chi connectivity index (χ2v) is 22.9. The lowest BCUT2D eigenvalue weighted by atomic mass is 10.0. The van der Waals surface area contributed by atoms with Crippen molar-refractivity contribution in [1.82, 2.24) is 40.8 Å². The molecular weight excluding hydrogens is 946 g/mol. The summed E-state index contributed by atoms with van der Waals surface area (Å²) in [7, 11) is 2.56. The Morgan fingerprint density at radius 1 is 0.696 bits per heavy atom. The van der Waals surface area contributed by atoms with E-state index >= 15 is 0 Å². The fraction of sp³-hybridized carbons (Fsp3) is 0.830. The Bertz CT molecular complexity index is 1710. The summed E-state index contributed by atoms with van der Waals surface area (Å²) < 4.78 is 14.3.